The number of carbonyl (C=O) groups excluding carboxylic acids is 1. The molecule has 0 amide bonds. The second-order valence-electron chi connectivity index (χ2n) is 4.78. The average Bonchev–Trinajstić information content (AvgIpc) is 2.36. The summed E-state index contributed by atoms with van der Waals surface area (Å²) in [4.78, 5) is 11.2. The molecule has 1 fully saturated rings. The molecule has 1 aromatic carbocycles. The monoisotopic (exact) mass is 282 g/mol. The van der Waals surface area contributed by atoms with Crippen LogP contribution in [0.4, 0.5) is 5.69 Å². The number of hydrazine groups is 1. The van der Waals surface area contributed by atoms with Gasteiger partial charge in [-0.1, -0.05) is 18.5 Å². The first-order valence-electron chi connectivity index (χ1n) is 6.46. The highest BCUT2D eigenvalue weighted by Gasteiger charge is 2.33. The van der Waals surface area contributed by atoms with Gasteiger partial charge in [0, 0.05) is 35.9 Å². The van der Waals surface area contributed by atoms with Gasteiger partial charge in [0.2, 0.25) is 0 Å². The molecule has 104 valence electrons. The minimum Gasteiger partial charge on any atom is -0.494 e. The van der Waals surface area contributed by atoms with Crippen LogP contribution in [0.1, 0.15) is 36.8 Å². The van der Waals surface area contributed by atoms with Crippen LogP contribution in [0.15, 0.2) is 6.07 Å². The maximum atomic E-state index is 11.2. The van der Waals surface area contributed by atoms with E-state index in [1.54, 1.807) is 7.11 Å². The Morgan fingerprint density at radius 1 is 1.47 bits per heavy atom. The predicted molar refractivity (Wildman–Crippen MR) is 77.0 cm³/mol. The van der Waals surface area contributed by atoms with Crippen LogP contribution in [-0.2, 0) is 4.79 Å². The first-order valence-corrected chi connectivity index (χ1v) is 6.83. The highest BCUT2D eigenvalue weighted by atomic mass is 35.5. The van der Waals surface area contributed by atoms with Crippen LogP contribution < -0.4 is 15.6 Å². The average molecular weight is 283 g/mol. The first-order chi connectivity index (χ1) is 9.08. The fourth-order valence-electron chi connectivity index (χ4n) is 2.43. The van der Waals surface area contributed by atoms with Gasteiger partial charge in [-0.15, -0.1) is 0 Å². The number of anilines is 1. The second kappa shape index (κ2) is 5.80. The highest BCUT2D eigenvalue weighted by Crippen LogP contribution is 2.46. The zero-order valence-corrected chi connectivity index (χ0v) is 12.2. The fraction of sp³-hybridized carbons (Fsp3) is 0.500. The van der Waals surface area contributed by atoms with E-state index in [0.29, 0.717) is 23.6 Å². The van der Waals surface area contributed by atoms with Crippen molar-refractivity contribution in [3.8, 4) is 5.75 Å². The number of Topliss-reactive ketones (excluding diaryl/α,β-unsaturated/α-hetero) is 1. The summed E-state index contributed by atoms with van der Waals surface area (Å²) >= 11 is 6.28. The van der Waals surface area contributed by atoms with E-state index in [1.165, 1.54) is 0 Å². The van der Waals surface area contributed by atoms with E-state index in [1.807, 2.05) is 19.9 Å². The summed E-state index contributed by atoms with van der Waals surface area (Å²) in [5.41, 5.74) is 9.00. The Bertz CT molecular complexity index is 495. The number of rotatable bonds is 5. The molecule has 0 spiro atoms. The fourth-order valence-corrected chi connectivity index (χ4v) is 2.64. The van der Waals surface area contributed by atoms with E-state index in [9.17, 15) is 4.79 Å². The smallest absolute Gasteiger partial charge is 0.147 e. The van der Waals surface area contributed by atoms with Gasteiger partial charge in [-0.2, -0.15) is 0 Å². The molecule has 0 heterocycles. The van der Waals surface area contributed by atoms with Crippen molar-refractivity contribution in [1.29, 1.82) is 0 Å². The molecule has 4 nitrogen and oxygen atoms in total. The third kappa shape index (κ3) is 2.69. The second-order valence-corrected chi connectivity index (χ2v) is 5.18. The molecule has 0 radical (unpaired) electrons. The third-order valence-electron chi connectivity index (χ3n) is 3.48. The van der Waals surface area contributed by atoms with Gasteiger partial charge in [0.15, 0.2) is 0 Å². The molecular weight excluding hydrogens is 264 g/mol. The van der Waals surface area contributed by atoms with Gasteiger partial charge in [-0.3, -0.25) is 4.79 Å². The van der Waals surface area contributed by atoms with Crippen LogP contribution in [0.3, 0.4) is 0 Å². The number of hydrogen-bond acceptors (Lipinski definition) is 4. The maximum absolute atomic E-state index is 11.2. The van der Waals surface area contributed by atoms with Crippen LogP contribution in [0, 0.1) is 6.92 Å². The number of carbonyl (C=O) groups is 1. The normalized spacial score (nSPS) is 15.3. The highest BCUT2D eigenvalue weighted by molar-refractivity contribution is 6.31. The van der Waals surface area contributed by atoms with Crippen LogP contribution in [0.5, 0.6) is 5.75 Å². The van der Waals surface area contributed by atoms with E-state index in [4.69, 9.17) is 16.3 Å². The molecule has 0 bridgehead atoms. The predicted octanol–water partition coefficient (Wildman–Crippen LogP) is 3.04. The summed E-state index contributed by atoms with van der Waals surface area (Å²) in [6.45, 7) is 4.76. The molecule has 2 N–H and O–H groups in total. The Morgan fingerprint density at radius 3 is 2.68 bits per heavy atom. The molecule has 0 saturated heterocycles. The van der Waals surface area contributed by atoms with Gasteiger partial charge in [0.05, 0.1) is 12.8 Å². The molecule has 1 aliphatic rings. The van der Waals surface area contributed by atoms with Crippen molar-refractivity contribution >= 4 is 23.1 Å². The lowest BCUT2D eigenvalue weighted by Gasteiger charge is -2.29. The Kier molecular flexibility index (Phi) is 4.32. The van der Waals surface area contributed by atoms with Gasteiger partial charge in [-0.25, -0.2) is 5.43 Å². The standard InChI is InChI=1S/C14H19ClN2O2/c1-4-16-17-12-7-11(15)8(2)13(14(12)19-3)9-5-10(18)6-9/h7,9,16-17H,4-6H2,1-3H3. The third-order valence-corrected chi connectivity index (χ3v) is 3.88. The van der Waals surface area contributed by atoms with Crippen molar-refractivity contribution in [2.24, 2.45) is 0 Å². The molecule has 1 aromatic rings. The number of halogens is 1. The van der Waals surface area contributed by atoms with Gasteiger partial charge in [0.1, 0.15) is 11.5 Å². The van der Waals surface area contributed by atoms with Crippen LogP contribution >= 0.6 is 11.6 Å². The van der Waals surface area contributed by atoms with E-state index < -0.39 is 0 Å². The molecule has 0 unspecified atom stereocenters. The van der Waals surface area contributed by atoms with E-state index in [-0.39, 0.29) is 5.92 Å². The molecule has 0 atom stereocenters. The summed E-state index contributed by atoms with van der Waals surface area (Å²) < 4.78 is 5.53. The van der Waals surface area contributed by atoms with E-state index >= 15 is 0 Å². The van der Waals surface area contributed by atoms with Gasteiger partial charge >= 0.3 is 0 Å². The van der Waals surface area contributed by atoms with Crippen LogP contribution in [-0.4, -0.2) is 19.4 Å². The molecule has 1 aliphatic carbocycles. The van der Waals surface area contributed by atoms with E-state index in [0.717, 1.165) is 29.1 Å². The van der Waals surface area contributed by atoms with Crippen molar-refractivity contribution in [2.75, 3.05) is 19.1 Å². The maximum Gasteiger partial charge on any atom is 0.147 e. The minimum atomic E-state index is 0.225. The van der Waals surface area contributed by atoms with Crippen molar-refractivity contribution < 1.29 is 9.53 Å². The SMILES string of the molecule is CCNNc1cc(Cl)c(C)c(C2CC(=O)C2)c1OC. The number of ether oxygens (including phenoxy) is 1. The quantitative estimate of drug-likeness (QED) is 0.815. The van der Waals surface area contributed by atoms with Gasteiger partial charge in [0.25, 0.3) is 0 Å². The Balaban J connectivity index is 2.43. The van der Waals surface area contributed by atoms with Gasteiger partial charge < -0.3 is 10.2 Å². The molecule has 5 heteroatoms. The molecule has 0 aromatic heterocycles. The number of methoxy groups -OCH3 is 1. The Morgan fingerprint density at radius 2 is 2.16 bits per heavy atom. The lowest BCUT2D eigenvalue weighted by molar-refractivity contribution is -0.124. The van der Waals surface area contributed by atoms with Crippen LogP contribution in [0.25, 0.3) is 0 Å². The number of ketones is 1. The molecule has 1 saturated carbocycles. The lowest BCUT2D eigenvalue weighted by Crippen LogP contribution is -2.25. The number of hydrogen-bond donors (Lipinski definition) is 2. The zero-order valence-electron chi connectivity index (χ0n) is 11.5. The summed E-state index contributed by atoms with van der Waals surface area (Å²) in [5, 5.41) is 0.690. The summed E-state index contributed by atoms with van der Waals surface area (Å²) in [7, 11) is 1.64. The summed E-state index contributed by atoms with van der Waals surface area (Å²) in [6.07, 6.45) is 1.16. The Hall–Kier alpha value is -1.26. The zero-order chi connectivity index (χ0) is 14.0. The number of benzene rings is 1. The largest absolute Gasteiger partial charge is 0.494 e. The molecule has 0 aliphatic heterocycles. The first kappa shape index (κ1) is 14.2. The van der Waals surface area contributed by atoms with Crippen molar-refractivity contribution in [3.05, 3.63) is 22.2 Å². The summed E-state index contributed by atoms with van der Waals surface area (Å²) in [5.74, 6) is 1.30. The summed E-state index contributed by atoms with van der Waals surface area (Å²) in [6, 6.07) is 1.85. The van der Waals surface area contributed by atoms with Crippen LogP contribution in [0.2, 0.25) is 5.02 Å². The topological polar surface area (TPSA) is 50.4 Å². The minimum absolute atomic E-state index is 0.225. The van der Waals surface area contributed by atoms with Gasteiger partial charge in [-0.05, 0) is 18.6 Å². The molecule has 2 rings (SSSR count). The Labute approximate surface area is 118 Å². The van der Waals surface area contributed by atoms with Crippen molar-refractivity contribution in [3.63, 3.8) is 0 Å². The molecular formula is C14H19ClN2O2. The van der Waals surface area contributed by atoms with Crippen molar-refractivity contribution in [1.82, 2.24) is 5.43 Å². The van der Waals surface area contributed by atoms with Crippen molar-refractivity contribution in [2.45, 2.75) is 32.6 Å². The molecule has 19 heavy (non-hydrogen) atoms. The lowest BCUT2D eigenvalue weighted by atomic mass is 9.76. The van der Waals surface area contributed by atoms with E-state index in [2.05, 4.69) is 10.9 Å². The number of nitrogens with one attached hydrogen (secondary N) is 2.